The second-order valence-electron chi connectivity index (χ2n) is 14.3. The summed E-state index contributed by atoms with van der Waals surface area (Å²) in [6, 6.07) is -2.74. The molecule has 0 aliphatic carbocycles. The second-order valence-corrected chi connectivity index (χ2v) is 14.3. The van der Waals surface area contributed by atoms with Crippen LogP contribution in [0.4, 0.5) is 0 Å². The van der Waals surface area contributed by atoms with E-state index in [4.69, 9.17) is 9.47 Å². The zero-order chi connectivity index (χ0) is 45.5. The van der Waals surface area contributed by atoms with Crippen molar-refractivity contribution < 1.29 is 62.2 Å². The average Bonchev–Trinajstić information content (AvgIpc) is 3.24. The number of rotatable bonds is 33. The summed E-state index contributed by atoms with van der Waals surface area (Å²) in [4.78, 5) is 130. The molecule has 0 saturated heterocycles. The third kappa shape index (κ3) is 22.9. The van der Waals surface area contributed by atoms with E-state index in [9.17, 15) is 47.9 Å². The summed E-state index contributed by atoms with van der Waals surface area (Å²) in [5.41, 5.74) is 0. The van der Waals surface area contributed by atoms with Crippen molar-refractivity contribution in [3.63, 3.8) is 0 Å². The van der Waals surface area contributed by atoms with Crippen LogP contribution in [0.3, 0.4) is 0 Å². The van der Waals surface area contributed by atoms with Crippen LogP contribution in [0.5, 0.6) is 0 Å². The minimum Gasteiger partial charge on any atom is -0.469 e. The van der Waals surface area contributed by atoms with Crippen molar-refractivity contribution in [3.05, 3.63) is 0 Å². The monoisotopic (exact) mass is 855 g/mol. The van der Waals surface area contributed by atoms with Gasteiger partial charge in [-0.1, -0.05) is 13.3 Å². The van der Waals surface area contributed by atoms with Crippen LogP contribution in [-0.2, 0) is 62.2 Å². The molecule has 0 aliphatic rings. The van der Waals surface area contributed by atoms with Gasteiger partial charge in [-0.05, 0) is 65.7 Å². The molecule has 0 aromatic carbocycles. The molecular formula is C41H70N6O13. The molecule has 0 aromatic rings. The fourth-order valence-electron chi connectivity index (χ4n) is 6.02. The lowest BCUT2D eigenvalue weighted by Crippen LogP contribution is -2.50. The van der Waals surface area contributed by atoms with Crippen molar-refractivity contribution in [2.24, 2.45) is 0 Å². The Kier molecular flexibility index (Phi) is 29.9. The number of carbonyl (C=O) groups excluding carboxylic acids is 10. The number of unbranched alkanes of at least 4 members (excludes halogenated alkanes) is 2. The number of methoxy groups -OCH3 is 3. The topological polar surface area (TPSA) is 244 Å². The summed E-state index contributed by atoms with van der Waals surface area (Å²) in [5, 5.41) is 8.26. The molecule has 6 amide bonds. The zero-order valence-corrected chi connectivity index (χ0v) is 36.8. The van der Waals surface area contributed by atoms with Crippen LogP contribution in [0.1, 0.15) is 124 Å². The molecule has 0 bridgehead atoms. The molecular weight excluding hydrogens is 784 g/mol. The van der Waals surface area contributed by atoms with Crippen LogP contribution in [0.15, 0.2) is 0 Å². The lowest BCUT2D eigenvalue weighted by atomic mass is 10.1. The predicted octanol–water partition coefficient (Wildman–Crippen LogP) is 1.58. The fraction of sp³-hybridized carbons (Fsp3) is 0.756. The van der Waals surface area contributed by atoms with Gasteiger partial charge in [-0.25, -0.2) is 0 Å². The first kappa shape index (κ1) is 54.9. The Morgan fingerprint density at radius 1 is 0.467 bits per heavy atom. The van der Waals surface area contributed by atoms with E-state index in [1.165, 1.54) is 36.0 Å². The molecule has 60 heavy (non-hydrogen) atoms. The van der Waals surface area contributed by atoms with Crippen LogP contribution in [0, 0.1) is 0 Å². The Balaban J connectivity index is 5.92. The summed E-state index contributed by atoms with van der Waals surface area (Å²) in [5.74, 6) is -3.89. The Morgan fingerprint density at radius 3 is 1.13 bits per heavy atom. The fourth-order valence-corrected chi connectivity index (χ4v) is 6.02. The van der Waals surface area contributed by atoms with Crippen LogP contribution in [0.25, 0.3) is 0 Å². The molecule has 3 unspecified atom stereocenters. The maximum Gasteiger partial charge on any atom is 0.305 e. The van der Waals surface area contributed by atoms with E-state index in [-0.39, 0.29) is 109 Å². The maximum absolute atomic E-state index is 13.8. The molecule has 0 fully saturated rings. The number of aldehydes is 1. The molecule has 19 heteroatoms. The van der Waals surface area contributed by atoms with Gasteiger partial charge in [-0.15, -0.1) is 0 Å². The zero-order valence-electron chi connectivity index (χ0n) is 36.8. The van der Waals surface area contributed by atoms with Gasteiger partial charge >= 0.3 is 17.9 Å². The number of nitrogens with zero attached hydrogens (tertiary/aromatic N) is 3. The summed E-state index contributed by atoms with van der Waals surface area (Å²) in [6.45, 7) is 7.64. The van der Waals surface area contributed by atoms with Crippen molar-refractivity contribution >= 4 is 59.6 Å². The normalized spacial score (nSPS) is 12.1. The first-order chi connectivity index (χ1) is 28.6. The Morgan fingerprint density at radius 2 is 0.783 bits per heavy atom. The first-order valence-electron chi connectivity index (χ1n) is 20.9. The van der Waals surface area contributed by atoms with Gasteiger partial charge in [0.25, 0.3) is 0 Å². The van der Waals surface area contributed by atoms with Gasteiger partial charge in [-0.2, -0.15) is 0 Å². The lowest BCUT2D eigenvalue weighted by Gasteiger charge is -2.31. The number of hydrogen-bond donors (Lipinski definition) is 3. The molecule has 0 aliphatic heterocycles. The summed E-state index contributed by atoms with van der Waals surface area (Å²) in [7, 11) is 3.77. The quantitative estimate of drug-likeness (QED) is 0.0368. The minimum absolute atomic E-state index is 0.00591. The van der Waals surface area contributed by atoms with Gasteiger partial charge in [-0.3, -0.25) is 43.2 Å². The Hall–Kier alpha value is -5.10. The van der Waals surface area contributed by atoms with Crippen molar-refractivity contribution in [3.8, 4) is 0 Å². The van der Waals surface area contributed by atoms with E-state index in [0.29, 0.717) is 19.4 Å². The molecule has 0 heterocycles. The van der Waals surface area contributed by atoms with Crippen LogP contribution in [-0.4, -0.2) is 153 Å². The van der Waals surface area contributed by atoms with Gasteiger partial charge in [0.2, 0.25) is 35.4 Å². The second kappa shape index (κ2) is 32.7. The highest BCUT2D eigenvalue weighted by Crippen LogP contribution is 2.14. The molecule has 0 saturated carbocycles. The molecule has 342 valence electrons. The number of ether oxygens (including phenoxy) is 3. The van der Waals surface area contributed by atoms with Crippen LogP contribution < -0.4 is 16.0 Å². The van der Waals surface area contributed by atoms with Crippen molar-refractivity contribution in [1.29, 1.82) is 0 Å². The predicted molar refractivity (Wildman–Crippen MR) is 220 cm³/mol. The first-order valence-corrected chi connectivity index (χ1v) is 20.9. The average molecular weight is 855 g/mol. The Bertz CT molecular complexity index is 1390. The molecule has 3 atom stereocenters. The number of nitrogens with one attached hydrogen (secondary N) is 3. The molecule has 3 N–H and O–H groups in total. The van der Waals surface area contributed by atoms with E-state index in [0.717, 1.165) is 19.1 Å². The van der Waals surface area contributed by atoms with Gasteiger partial charge in [0.05, 0.1) is 21.3 Å². The van der Waals surface area contributed by atoms with Crippen molar-refractivity contribution in [1.82, 2.24) is 30.7 Å². The SMILES string of the molecule is CCCCNC(=O)C(C)N(CCCC(=O)N(CCCC(=O)OC)C(C)C(=O)NCCCC(=O)OC)C(=O)CCCC(=O)N(CCCC(=O)OC)C(C)C(=O)NCCCC=O. The third-order valence-electron chi connectivity index (χ3n) is 9.80. The van der Waals surface area contributed by atoms with Crippen LogP contribution in [0.2, 0.25) is 0 Å². The lowest BCUT2D eigenvalue weighted by molar-refractivity contribution is -0.143. The van der Waals surface area contributed by atoms with Crippen LogP contribution >= 0.6 is 0 Å². The summed E-state index contributed by atoms with van der Waals surface area (Å²) < 4.78 is 14.0. The summed E-state index contributed by atoms with van der Waals surface area (Å²) in [6.07, 6.45) is 3.85. The van der Waals surface area contributed by atoms with E-state index in [1.54, 1.807) is 20.8 Å². The highest BCUT2D eigenvalue weighted by Gasteiger charge is 2.30. The number of amides is 6. The van der Waals surface area contributed by atoms with Gasteiger partial charge in [0.15, 0.2) is 0 Å². The van der Waals surface area contributed by atoms with E-state index in [2.05, 4.69) is 20.7 Å². The van der Waals surface area contributed by atoms with Gasteiger partial charge < -0.3 is 49.7 Å². The molecule has 0 radical (unpaired) electrons. The largest absolute Gasteiger partial charge is 0.469 e. The van der Waals surface area contributed by atoms with E-state index in [1.807, 2.05) is 6.92 Å². The molecule has 0 spiro atoms. The van der Waals surface area contributed by atoms with Crippen molar-refractivity contribution in [2.45, 2.75) is 142 Å². The molecule has 19 nitrogen and oxygen atoms in total. The minimum atomic E-state index is -0.928. The third-order valence-corrected chi connectivity index (χ3v) is 9.80. The standard InChI is InChI=1S/C41H70N6O13/c1-8-9-23-42-39(55)30(2)45(26-14-19-35(51)47(28-16-22-38(54)60-7)32(4)41(57)44-25-13-20-36(52)58-5)33(49)17-12-18-34(50)46(27-15-21-37(53)59-6)31(3)40(56)43-24-10-11-29-48/h29-32H,8-28H2,1-7H3,(H,42,55)(H,43,56)(H,44,57). The molecule has 0 rings (SSSR count). The summed E-state index contributed by atoms with van der Waals surface area (Å²) >= 11 is 0. The smallest absolute Gasteiger partial charge is 0.305 e. The number of carbonyl (C=O) groups is 10. The highest BCUT2D eigenvalue weighted by molar-refractivity contribution is 5.89. The van der Waals surface area contributed by atoms with Crippen molar-refractivity contribution in [2.75, 3.05) is 60.6 Å². The van der Waals surface area contributed by atoms with Gasteiger partial charge in [0, 0.05) is 84.2 Å². The molecule has 0 aromatic heterocycles. The van der Waals surface area contributed by atoms with E-state index < -0.39 is 65.6 Å². The number of esters is 3. The Labute approximate surface area is 354 Å². The number of hydrogen-bond acceptors (Lipinski definition) is 13. The van der Waals surface area contributed by atoms with E-state index >= 15 is 0 Å². The highest BCUT2D eigenvalue weighted by atomic mass is 16.5. The maximum atomic E-state index is 13.8. The van der Waals surface area contributed by atoms with Gasteiger partial charge in [0.1, 0.15) is 24.4 Å².